The van der Waals surface area contributed by atoms with Gasteiger partial charge in [-0.15, -0.1) is 0 Å². The van der Waals surface area contributed by atoms with Crippen molar-refractivity contribution < 1.29 is 18.3 Å². The summed E-state index contributed by atoms with van der Waals surface area (Å²) >= 11 is 6.26. The first-order chi connectivity index (χ1) is 14.8. The summed E-state index contributed by atoms with van der Waals surface area (Å²) in [5.74, 6) is 0.0718. The average molecular weight is 446 g/mol. The zero-order valence-corrected chi connectivity index (χ0v) is 18.4. The minimum Gasteiger partial charge on any atom is -0.453 e. The van der Waals surface area contributed by atoms with Gasteiger partial charge in [0.1, 0.15) is 5.75 Å². The minimum atomic E-state index is -0.546. The average Bonchev–Trinajstić information content (AvgIpc) is 3.24. The normalized spacial score (nSPS) is 13.1. The predicted octanol–water partition coefficient (Wildman–Crippen LogP) is 5.54. The quantitative estimate of drug-likeness (QED) is 0.451. The van der Waals surface area contributed by atoms with Crippen LogP contribution in [0.4, 0.5) is 4.39 Å². The van der Waals surface area contributed by atoms with Crippen molar-refractivity contribution in [1.82, 2.24) is 10.3 Å². The standard InChI is InChI=1S/C23H25ClFN3O3/c1-4-19(28-14(3)10-21(26)29)17-7-8-18(24)23(22(17)25)31-15-5-6-16(13(2)9-15)20-11-27-12-30-20/h5-9,11-12,14,19,28H,4,10H2,1-3H3,(H2,26,29)/t14-,19-/m1/s1. The van der Waals surface area contributed by atoms with Gasteiger partial charge in [0.15, 0.2) is 23.7 Å². The highest BCUT2D eigenvalue weighted by Gasteiger charge is 2.22. The Balaban J connectivity index is 1.87. The van der Waals surface area contributed by atoms with Gasteiger partial charge in [-0.25, -0.2) is 9.37 Å². The molecule has 0 saturated heterocycles. The van der Waals surface area contributed by atoms with E-state index in [4.69, 9.17) is 26.5 Å². The summed E-state index contributed by atoms with van der Waals surface area (Å²) in [5, 5.41) is 3.41. The van der Waals surface area contributed by atoms with E-state index >= 15 is 4.39 Å². The number of benzene rings is 2. The SMILES string of the molecule is CC[C@@H](N[C@H](C)CC(N)=O)c1ccc(Cl)c(Oc2ccc(-c3cnco3)c(C)c2)c1F. The first-order valence-corrected chi connectivity index (χ1v) is 10.4. The number of hydrogen-bond acceptors (Lipinski definition) is 5. The lowest BCUT2D eigenvalue weighted by Crippen LogP contribution is -2.34. The third-order valence-corrected chi connectivity index (χ3v) is 5.27. The lowest BCUT2D eigenvalue weighted by atomic mass is 10.0. The molecule has 31 heavy (non-hydrogen) atoms. The van der Waals surface area contributed by atoms with Crippen molar-refractivity contribution in [3.63, 3.8) is 0 Å². The molecule has 3 aromatic rings. The van der Waals surface area contributed by atoms with Crippen LogP contribution in [0.25, 0.3) is 11.3 Å². The maximum Gasteiger partial charge on any atom is 0.218 e. The van der Waals surface area contributed by atoms with Crippen molar-refractivity contribution in [2.75, 3.05) is 0 Å². The van der Waals surface area contributed by atoms with Gasteiger partial charge in [0.05, 0.1) is 11.2 Å². The van der Waals surface area contributed by atoms with E-state index in [9.17, 15) is 4.79 Å². The van der Waals surface area contributed by atoms with E-state index < -0.39 is 11.7 Å². The van der Waals surface area contributed by atoms with Gasteiger partial charge in [-0.05, 0) is 50.1 Å². The van der Waals surface area contributed by atoms with Crippen LogP contribution in [-0.2, 0) is 4.79 Å². The first-order valence-electron chi connectivity index (χ1n) is 9.99. The van der Waals surface area contributed by atoms with E-state index in [0.29, 0.717) is 23.5 Å². The van der Waals surface area contributed by atoms with Gasteiger partial charge in [-0.2, -0.15) is 0 Å². The third-order valence-electron chi connectivity index (χ3n) is 4.97. The molecular weight excluding hydrogens is 421 g/mol. The van der Waals surface area contributed by atoms with Crippen molar-refractivity contribution in [2.24, 2.45) is 5.73 Å². The molecule has 2 aromatic carbocycles. The largest absolute Gasteiger partial charge is 0.453 e. The number of nitrogens with two attached hydrogens (primary N) is 1. The van der Waals surface area contributed by atoms with Gasteiger partial charge in [0.25, 0.3) is 0 Å². The predicted molar refractivity (Wildman–Crippen MR) is 118 cm³/mol. The molecule has 0 spiro atoms. The lowest BCUT2D eigenvalue weighted by Gasteiger charge is -2.23. The number of rotatable bonds is 9. The monoisotopic (exact) mass is 445 g/mol. The van der Waals surface area contributed by atoms with Gasteiger partial charge in [0, 0.05) is 29.6 Å². The van der Waals surface area contributed by atoms with E-state index in [0.717, 1.165) is 11.1 Å². The topological polar surface area (TPSA) is 90.4 Å². The Kier molecular flexibility index (Phi) is 7.30. The number of halogens is 2. The molecule has 0 unspecified atom stereocenters. The summed E-state index contributed by atoms with van der Waals surface area (Å²) in [6.45, 7) is 5.66. The molecule has 0 saturated carbocycles. The second-order valence-electron chi connectivity index (χ2n) is 7.42. The zero-order chi connectivity index (χ0) is 22.5. The molecule has 3 rings (SSSR count). The summed E-state index contributed by atoms with van der Waals surface area (Å²) in [6, 6.07) is 8.03. The number of primary amides is 1. The van der Waals surface area contributed by atoms with Crippen LogP contribution >= 0.6 is 11.6 Å². The maximum absolute atomic E-state index is 15.4. The Morgan fingerprint density at radius 3 is 2.74 bits per heavy atom. The van der Waals surface area contributed by atoms with Gasteiger partial charge in [0.2, 0.25) is 5.91 Å². The Morgan fingerprint density at radius 1 is 1.35 bits per heavy atom. The van der Waals surface area contributed by atoms with Crippen LogP contribution in [0.5, 0.6) is 11.5 Å². The number of ether oxygens (including phenoxy) is 1. The molecule has 1 heterocycles. The molecule has 1 amide bonds. The number of amides is 1. The summed E-state index contributed by atoms with van der Waals surface area (Å²) in [6.07, 6.45) is 3.75. The minimum absolute atomic E-state index is 0.0474. The van der Waals surface area contributed by atoms with Crippen molar-refractivity contribution in [2.45, 2.75) is 45.7 Å². The molecule has 2 atom stereocenters. The van der Waals surface area contributed by atoms with Crippen LogP contribution in [-0.4, -0.2) is 16.9 Å². The number of carbonyl (C=O) groups excluding carboxylic acids is 1. The van der Waals surface area contributed by atoms with Crippen LogP contribution in [0, 0.1) is 12.7 Å². The van der Waals surface area contributed by atoms with Gasteiger partial charge < -0.3 is 20.2 Å². The second kappa shape index (κ2) is 9.94. The number of nitrogens with zero attached hydrogens (tertiary/aromatic N) is 1. The van der Waals surface area contributed by atoms with Crippen LogP contribution in [0.2, 0.25) is 5.02 Å². The molecule has 0 fully saturated rings. The molecule has 0 radical (unpaired) electrons. The fraction of sp³-hybridized carbons (Fsp3) is 0.304. The van der Waals surface area contributed by atoms with Gasteiger partial charge in [-0.3, -0.25) is 4.79 Å². The van der Waals surface area contributed by atoms with Crippen molar-refractivity contribution in [3.05, 3.63) is 64.9 Å². The van der Waals surface area contributed by atoms with Crippen molar-refractivity contribution in [3.8, 4) is 22.8 Å². The Hall–Kier alpha value is -2.90. The first kappa shape index (κ1) is 22.8. The molecule has 8 heteroatoms. The molecule has 6 nitrogen and oxygen atoms in total. The molecule has 164 valence electrons. The highest BCUT2D eigenvalue weighted by Crippen LogP contribution is 2.37. The van der Waals surface area contributed by atoms with Gasteiger partial charge >= 0.3 is 0 Å². The molecule has 3 N–H and O–H groups in total. The number of aryl methyl sites for hydroxylation is 1. The Morgan fingerprint density at radius 2 is 2.13 bits per heavy atom. The van der Waals surface area contributed by atoms with Crippen molar-refractivity contribution >= 4 is 17.5 Å². The molecule has 1 aromatic heterocycles. The summed E-state index contributed by atoms with van der Waals surface area (Å²) < 4.78 is 26.6. The summed E-state index contributed by atoms with van der Waals surface area (Å²) in [5.41, 5.74) is 7.42. The highest BCUT2D eigenvalue weighted by molar-refractivity contribution is 6.32. The molecular formula is C23H25ClFN3O3. The Bertz CT molecular complexity index is 1060. The summed E-state index contributed by atoms with van der Waals surface area (Å²) in [7, 11) is 0. The molecule has 0 aliphatic rings. The van der Waals surface area contributed by atoms with Crippen LogP contribution in [0.1, 0.15) is 43.9 Å². The highest BCUT2D eigenvalue weighted by atomic mass is 35.5. The molecule has 0 aliphatic carbocycles. The van der Waals surface area contributed by atoms with E-state index in [-0.39, 0.29) is 29.3 Å². The van der Waals surface area contributed by atoms with Gasteiger partial charge in [-0.1, -0.05) is 24.6 Å². The van der Waals surface area contributed by atoms with Crippen LogP contribution < -0.4 is 15.8 Å². The van der Waals surface area contributed by atoms with Crippen LogP contribution in [0.15, 0.2) is 47.3 Å². The number of oxazole rings is 1. The molecule has 0 aliphatic heterocycles. The van der Waals surface area contributed by atoms with Crippen molar-refractivity contribution in [1.29, 1.82) is 0 Å². The third kappa shape index (κ3) is 5.42. The molecule has 0 bridgehead atoms. The second-order valence-corrected chi connectivity index (χ2v) is 7.83. The number of aromatic nitrogens is 1. The summed E-state index contributed by atoms with van der Waals surface area (Å²) in [4.78, 5) is 15.1. The maximum atomic E-state index is 15.4. The van der Waals surface area contributed by atoms with E-state index in [2.05, 4.69) is 10.3 Å². The number of nitrogens with one attached hydrogen (secondary N) is 1. The zero-order valence-electron chi connectivity index (χ0n) is 17.6. The smallest absolute Gasteiger partial charge is 0.218 e. The van der Waals surface area contributed by atoms with E-state index in [1.807, 2.05) is 26.8 Å². The number of carbonyl (C=O) groups is 1. The van der Waals surface area contributed by atoms with E-state index in [1.165, 1.54) is 6.39 Å². The fourth-order valence-corrected chi connectivity index (χ4v) is 3.67. The fourth-order valence-electron chi connectivity index (χ4n) is 3.48. The van der Waals surface area contributed by atoms with Crippen LogP contribution in [0.3, 0.4) is 0 Å². The number of hydrogen-bond donors (Lipinski definition) is 2. The lowest BCUT2D eigenvalue weighted by molar-refractivity contribution is -0.118. The van der Waals surface area contributed by atoms with E-state index in [1.54, 1.807) is 30.5 Å². The Labute approximate surface area is 185 Å².